The third-order valence-corrected chi connectivity index (χ3v) is 22.8. The Morgan fingerprint density at radius 3 is 1.41 bits per heavy atom. The van der Waals surface area contributed by atoms with Gasteiger partial charge in [0.1, 0.15) is 11.6 Å². The van der Waals surface area contributed by atoms with Crippen molar-refractivity contribution in [2.45, 2.75) is 31.3 Å². The van der Waals surface area contributed by atoms with E-state index >= 15 is 0 Å². The van der Waals surface area contributed by atoms with E-state index in [1.807, 2.05) is 169 Å². The molecule has 29 nitrogen and oxygen atoms in total. The summed E-state index contributed by atoms with van der Waals surface area (Å²) in [5, 5.41) is 36.6. The van der Waals surface area contributed by atoms with E-state index in [1.54, 1.807) is 85.8 Å². The van der Waals surface area contributed by atoms with Crippen molar-refractivity contribution in [3.8, 4) is 45.0 Å². The van der Waals surface area contributed by atoms with E-state index in [9.17, 15) is 26.8 Å². The first-order chi connectivity index (χ1) is 58.0. The molecule has 3 saturated heterocycles. The van der Waals surface area contributed by atoms with Crippen LogP contribution in [0.1, 0.15) is 40.1 Å². The fourth-order valence-electron chi connectivity index (χ4n) is 15.2. The number of likely N-dealkylation sites (N-methyl/N-ethyl adjacent to an activating group) is 1. The highest BCUT2D eigenvalue weighted by molar-refractivity contribution is 7.90. The molecule has 0 saturated carbocycles. The summed E-state index contributed by atoms with van der Waals surface area (Å²) in [4.78, 5) is 53.6. The molecule has 2 amide bonds. The van der Waals surface area contributed by atoms with Crippen LogP contribution < -0.4 is 36.4 Å². The van der Waals surface area contributed by atoms with Gasteiger partial charge in [-0.3, -0.25) is 47.4 Å². The van der Waals surface area contributed by atoms with E-state index in [1.165, 1.54) is 6.26 Å². The van der Waals surface area contributed by atoms with E-state index in [-0.39, 0.29) is 23.4 Å². The van der Waals surface area contributed by atoms with Gasteiger partial charge in [0.2, 0.25) is 0 Å². The van der Waals surface area contributed by atoms with E-state index < -0.39 is 9.84 Å². The van der Waals surface area contributed by atoms with Crippen LogP contribution in [-0.2, 0) is 21.1 Å². The predicted octanol–water partition coefficient (Wildman–Crippen LogP) is 13.8. The Morgan fingerprint density at radius 2 is 0.941 bits per heavy atom. The molecule has 0 unspecified atom stereocenters. The third-order valence-electron chi connectivity index (χ3n) is 21.6. The molecule has 604 valence electrons. The summed E-state index contributed by atoms with van der Waals surface area (Å²) in [7, 11) is -1.09. The Morgan fingerprint density at radius 1 is 0.479 bits per heavy atom. The number of hydrogen-bond acceptors (Lipinski definition) is 20. The average molecular weight is 1620 g/mol. The molecule has 0 aliphatic carbocycles. The average Bonchev–Trinajstić information content (AvgIpc) is 1.69. The summed E-state index contributed by atoms with van der Waals surface area (Å²) >= 11 is 0. The Bertz CT molecular complexity index is 6390. The first kappa shape index (κ1) is 77.5. The van der Waals surface area contributed by atoms with Crippen LogP contribution in [0.5, 0.6) is 0 Å². The molecule has 119 heavy (non-hydrogen) atoms. The van der Waals surface area contributed by atoms with Crippen molar-refractivity contribution < 1.29 is 31.5 Å². The molecule has 11 aromatic heterocycles. The van der Waals surface area contributed by atoms with Crippen molar-refractivity contribution in [3.63, 3.8) is 0 Å². The Kier molecular flexibility index (Phi) is 22.1. The second-order valence-corrected chi connectivity index (χ2v) is 31.6. The van der Waals surface area contributed by atoms with Gasteiger partial charge in [0, 0.05) is 203 Å². The lowest BCUT2D eigenvalue weighted by Crippen LogP contribution is -2.49. The number of benzene rings is 5. The minimum absolute atomic E-state index is 0.0217. The second-order valence-electron chi connectivity index (χ2n) is 29.5. The number of rotatable bonds is 17. The molecule has 32 heteroatoms. The van der Waals surface area contributed by atoms with Crippen LogP contribution in [0.25, 0.3) is 67.6 Å². The molecule has 0 atom stereocenters. The highest BCUT2D eigenvalue weighted by atomic mass is 32.2. The van der Waals surface area contributed by atoms with Crippen molar-refractivity contribution in [3.05, 3.63) is 267 Å². The maximum Gasteiger partial charge on any atom is 0.254 e. The second kappa shape index (κ2) is 34.0. The summed E-state index contributed by atoms with van der Waals surface area (Å²) in [6, 6.07) is 47.1. The number of imidazole rings is 4. The monoisotopic (exact) mass is 1620 g/mol. The first-order valence-corrected chi connectivity index (χ1v) is 41.0. The zero-order chi connectivity index (χ0) is 81.7. The Hall–Kier alpha value is -14.1. The van der Waals surface area contributed by atoms with Crippen molar-refractivity contribution in [1.82, 2.24) is 88.1 Å². The number of nitrogens with one attached hydrogen (secondary N) is 8. The minimum Gasteiger partial charge on any atom is -0.378 e. The number of amides is 2. The number of aromatic nitrogens is 14. The van der Waals surface area contributed by atoms with Gasteiger partial charge in [-0.05, 0) is 178 Å². The maximum absolute atomic E-state index is 15.0. The van der Waals surface area contributed by atoms with Gasteiger partial charge in [0.15, 0.2) is 32.4 Å². The summed E-state index contributed by atoms with van der Waals surface area (Å²) < 4.78 is 66.2. The number of carbonyl (C=O) groups excluding carboxylic acids is 2. The number of sulfone groups is 1. The standard InChI is InChI=1S/C26H23N5O3.C23H26FN7.C21H22FN7.C17H15N5O2S/c32-25-21-6-3-18(15-19(21)16-28-25)23-8-7-22(24-27-9-10-31(23)24)29-20-4-1-17(2-5-20)26(33)30-11-13-34-14-12-30;1-16(2)29-9-11-30(12-10-29)22-5-3-18(13-19(22)24)28-20-4-6-21(17-14-26-27-15-17)31-8-7-25-23(20)31;1-27-8-10-28(11-9-27)16-2-3-18(17(22)12-16)26-19-4-5-20(15-13-24-25-14-15)29-7-6-23-21(19)29;1-25(23,24)14-4-2-13(3-5-14)21-15-6-7-16(12-10-19-20-11-12)22-9-8-18-17(15)22/h1-10,15,29H,11-14,16H2,(H,28,32);3-8,13-16,28H,9-12H2,1-2H3,(H,26,27);2-7,12-14,26H,8-11H2,1H3,(H,24,25);2-11,21H,1H3,(H,19,20). The highest BCUT2D eigenvalue weighted by Crippen LogP contribution is 2.36. The van der Waals surface area contributed by atoms with Crippen LogP contribution in [0.3, 0.4) is 0 Å². The summed E-state index contributed by atoms with van der Waals surface area (Å²) in [5.41, 5.74) is 20.9. The van der Waals surface area contributed by atoms with Gasteiger partial charge < -0.3 is 50.9 Å². The molecule has 4 aliphatic heterocycles. The molecule has 4 aliphatic rings. The normalized spacial score (nSPS) is 14.5. The summed E-state index contributed by atoms with van der Waals surface area (Å²) in [5.74, 6) is -0.477. The van der Waals surface area contributed by atoms with Gasteiger partial charge in [-0.25, -0.2) is 37.1 Å². The summed E-state index contributed by atoms with van der Waals surface area (Å²) in [6.07, 6.45) is 26.6. The van der Waals surface area contributed by atoms with Crippen LogP contribution in [0.2, 0.25) is 0 Å². The number of hydrogen-bond donors (Lipinski definition) is 8. The number of aromatic amines is 3. The lowest BCUT2D eigenvalue weighted by atomic mass is 10.0. The molecule has 15 heterocycles. The number of ether oxygens (including phenoxy) is 1. The van der Waals surface area contributed by atoms with E-state index in [2.05, 4.69) is 124 Å². The molecular weight excluding hydrogens is 1530 g/mol. The van der Waals surface area contributed by atoms with Crippen LogP contribution in [0.15, 0.2) is 243 Å². The highest BCUT2D eigenvalue weighted by Gasteiger charge is 2.26. The zero-order valence-corrected chi connectivity index (χ0v) is 66.5. The van der Waals surface area contributed by atoms with Crippen molar-refractivity contribution in [2.75, 3.05) is 123 Å². The van der Waals surface area contributed by atoms with Crippen LogP contribution in [0.4, 0.5) is 65.7 Å². The van der Waals surface area contributed by atoms with Gasteiger partial charge in [-0.2, -0.15) is 15.3 Å². The molecule has 0 bridgehead atoms. The van der Waals surface area contributed by atoms with Crippen LogP contribution in [-0.4, -0.2) is 201 Å². The summed E-state index contributed by atoms with van der Waals surface area (Å²) in [6.45, 7) is 14.8. The SMILES string of the molecule is CC(C)N1CCN(c2ccc(Nc3ccc(-c4cn[nH]c4)n4ccnc34)cc2F)CC1.CN1CCN(c2ccc(Nc3ccc(-c4cn[nH]c4)n4ccnc34)c(F)c2)CC1.CS(=O)(=O)c1ccc(Nc2ccc(-c3cn[nH]c3)n3ccnc23)cc1.O=C1NCc2cc(-c3ccc(Nc4ccc(C(=O)N5CCOCC5)cc4)c4nccn34)ccc21. The third kappa shape index (κ3) is 16.9. The quantitative estimate of drug-likeness (QED) is 0.0420. The number of anilines is 10. The lowest BCUT2D eigenvalue weighted by Gasteiger charge is -2.38. The van der Waals surface area contributed by atoms with Crippen molar-refractivity contribution in [2.24, 2.45) is 0 Å². The maximum atomic E-state index is 15.0. The molecule has 20 rings (SSSR count). The predicted molar refractivity (Wildman–Crippen MR) is 457 cm³/mol. The van der Waals surface area contributed by atoms with Crippen LogP contribution in [0, 0.1) is 11.6 Å². The van der Waals surface area contributed by atoms with Crippen molar-refractivity contribution >= 4 is 101 Å². The number of nitrogens with zero attached hydrogens (tertiary/aromatic N) is 16. The number of H-pyrrole nitrogens is 3. The smallest absolute Gasteiger partial charge is 0.254 e. The number of fused-ring (bicyclic) bond motifs is 5. The van der Waals surface area contributed by atoms with Gasteiger partial charge in [-0.1, -0.05) is 6.07 Å². The fraction of sp³-hybridized carbons (Fsp3) is 0.207. The first-order valence-electron chi connectivity index (χ1n) is 39.1. The largest absolute Gasteiger partial charge is 0.378 e. The van der Waals surface area contributed by atoms with Gasteiger partial charge in [-0.15, -0.1) is 0 Å². The topological polar surface area (TPSA) is 309 Å². The number of pyridine rings is 4. The van der Waals surface area contributed by atoms with E-state index in [0.29, 0.717) is 66.4 Å². The molecule has 16 aromatic rings. The number of piperazine rings is 2. The number of halogens is 2. The molecular formula is C87H86F2N24O5S. The Balaban J connectivity index is 0.000000114. The fourth-order valence-corrected chi connectivity index (χ4v) is 15.8. The van der Waals surface area contributed by atoms with Gasteiger partial charge >= 0.3 is 0 Å². The molecule has 0 spiro atoms. The lowest BCUT2D eigenvalue weighted by molar-refractivity contribution is 0.0303. The number of carbonyl (C=O) groups is 2. The number of morpholine rings is 1. The zero-order valence-electron chi connectivity index (χ0n) is 65.6. The molecule has 5 aromatic carbocycles. The minimum atomic E-state index is -3.20. The van der Waals surface area contributed by atoms with Gasteiger partial charge in [0.05, 0.1) is 93.6 Å². The Labute approximate surface area is 683 Å². The van der Waals surface area contributed by atoms with Crippen LogP contribution >= 0.6 is 0 Å². The van der Waals surface area contributed by atoms with Crippen molar-refractivity contribution in [1.29, 1.82) is 0 Å². The molecule has 0 radical (unpaired) electrons. The molecule has 3 fully saturated rings. The molecule has 8 N–H and O–H groups in total. The van der Waals surface area contributed by atoms with Gasteiger partial charge in [0.25, 0.3) is 11.8 Å². The van der Waals surface area contributed by atoms with E-state index in [0.717, 1.165) is 171 Å². The van der Waals surface area contributed by atoms with E-state index in [4.69, 9.17) is 4.74 Å².